The van der Waals surface area contributed by atoms with E-state index in [1.807, 2.05) is 0 Å². The lowest BCUT2D eigenvalue weighted by Gasteiger charge is -2.20. The molecule has 0 aromatic carbocycles. The lowest BCUT2D eigenvalue weighted by atomic mass is 9.86. The molecule has 26 heavy (non-hydrogen) atoms. The molecule has 158 valence electrons. The van der Waals surface area contributed by atoms with Crippen LogP contribution in [0.3, 0.4) is 0 Å². The molecule has 0 bridgehead atoms. The van der Waals surface area contributed by atoms with Crippen molar-refractivity contribution in [2.24, 2.45) is 11.8 Å². The molecule has 0 heteroatoms. The van der Waals surface area contributed by atoms with Gasteiger partial charge in [-0.05, 0) is 18.3 Å². The lowest BCUT2D eigenvalue weighted by Crippen LogP contribution is -2.07. The maximum absolute atomic E-state index is 2.47. The predicted molar refractivity (Wildman–Crippen MR) is 122 cm³/mol. The van der Waals surface area contributed by atoms with Crippen LogP contribution in [-0.4, -0.2) is 0 Å². The maximum atomic E-state index is 2.47. The molecule has 2 unspecified atom stereocenters. The standard InChI is InChI=1S/C26H54/c1-5-8-9-10-11-12-13-14-15-16-17-18-19-20-23-26(22-7-3)24-25(4)21-6-2/h25-26H,5-24H2,1-4H3. The summed E-state index contributed by atoms with van der Waals surface area (Å²) >= 11 is 0. The number of rotatable bonds is 21. The molecule has 0 saturated heterocycles. The fourth-order valence-corrected chi connectivity index (χ4v) is 4.60. The van der Waals surface area contributed by atoms with E-state index in [1.165, 1.54) is 128 Å². The second kappa shape index (κ2) is 21.3. The van der Waals surface area contributed by atoms with Gasteiger partial charge in [0.1, 0.15) is 0 Å². The molecule has 0 radical (unpaired) electrons. The summed E-state index contributed by atoms with van der Waals surface area (Å²) in [5, 5.41) is 0. The van der Waals surface area contributed by atoms with E-state index in [1.54, 1.807) is 0 Å². The first-order valence-corrected chi connectivity index (χ1v) is 12.7. The van der Waals surface area contributed by atoms with Gasteiger partial charge in [-0.15, -0.1) is 0 Å². The lowest BCUT2D eigenvalue weighted by molar-refractivity contribution is 0.324. The monoisotopic (exact) mass is 366 g/mol. The van der Waals surface area contributed by atoms with Crippen molar-refractivity contribution in [3.63, 3.8) is 0 Å². The molecule has 0 aromatic rings. The summed E-state index contributed by atoms with van der Waals surface area (Å²) in [5.74, 6) is 1.96. The molecule has 2 atom stereocenters. The summed E-state index contributed by atoms with van der Waals surface area (Å²) in [4.78, 5) is 0. The van der Waals surface area contributed by atoms with Crippen LogP contribution in [0.25, 0.3) is 0 Å². The molecule has 0 N–H and O–H groups in total. The molecule has 0 nitrogen and oxygen atoms in total. The minimum absolute atomic E-state index is 0.947. The van der Waals surface area contributed by atoms with Crippen LogP contribution < -0.4 is 0 Å². The topological polar surface area (TPSA) is 0 Å². The van der Waals surface area contributed by atoms with Crippen molar-refractivity contribution in [2.75, 3.05) is 0 Å². The molecular weight excluding hydrogens is 312 g/mol. The summed E-state index contributed by atoms with van der Waals surface area (Å²) in [6, 6.07) is 0. The van der Waals surface area contributed by atoms with E-state index in [0.717, 1.165) is 11.8 Å². The molecule has 0 heterocycles. The minimum atomic E-state index is 0.947. The fraction of sp³-hybridized carbons (Fsp3) is 1.00. The van der Waals surface area contributed by atoms with Gasteiger partial charge in [0.15, 0.2) is 0 Å². The van der Waals surface area contributed by atoms with Gasteiger partial charge in [0.2, 0.25) is 0 Å². The van der Waals surface area contributed by atoms with Crippen molar-refractivity contribution < 1.29 is 0 Å². The second-order valence-electron chi connectivity index (χ2n) is 9.17. The van der Waals surface area contributed by atoms with Crippen molar-refractivity contribution in [3.8, 4) is 0 Å². The Bertz CT molecular complexity index is 244. The zero-order valence-electron chi connectivity index (χ0n) is 19.3. The van der Waals surface area contributed by atoms with Gasteiger partial charge in [0.05, 0.1) is 0 Å². The largest absolute Gasteiger partial charge is 0.0654 e. The van der Waals surface area contributed by atoms with E-state index in [2.05, 4.69) is 27.7 Å². The van der Waals surface area contributed by atoms with E-state index in [0.29, 0.717) is 0 Å². The maximum Gasteiger partial charge on any atom is -0.0412 e. The normalized spacial score (nSPS) is 13.8. The summed E-state index contributed by atoms with van der Waals surface area (Å²) < 4.78 is 0. The first-order valence-electron chi connectivity index (χ1n) is 12.7. The Hall–Kier alpha value is 0. The third-order valence-corrected chi connectivity index (χ3v) is 6.18. The van der Waals surface area contributed by atoms with Gasteiger partial charge in [0, 0.05) is 0 Å². The number of unbranched alkanes of at least 4 members (excludes halogenated alkanes) is 13. The van der Waals surface area contributed by atoms with Crippen molar-refractivity contribution in [3.05, 3.63) is 0 Å². The smallest absolute Gasteiger partial charge is 0.0412 e. The van der Waals surface area contributed by atoms with Crippen LogP contribution in [0.2, 0.25) is 0 Å². The van der Waals surface area contributed by atoms with Crippen molar-refractivity contribution in [1.82, 2.24) is 0 Å². The van der Waals surface area contributed by atoms with Gasteiger partial charge >= 0.3 is 0 Å². The molecule has 0 fully saturated rings. The van der Waals surface area contributed by atoms with Gasteiger partial charge in [-0.3, -0.25) is 0 Å². The highest BCUT2D eigenvalue weighted by molar-refractivity contribution is 4.64. The van der Waals surface area contributed by atoms with Crippen LogP contribution in [0.5, 0.6) is 0 Å². The van der Waals surface area contributed by atoms with Crippen LogP contribution in [0.15, 0.2) is 0 Å². The predicted octanol–water partition coefficient (Wildman–Crippen LogP) is 10.1. The van der Waals surface area contributed by atoms with Crippen LogP contribution in [0.4, 0.5) is 0 Å². The highest BCUT2D eigenvalue weighted by Gasteiger charge is 2.11. The summed E-state index contributed by atoms with van der Waals surface area (Å²) in [6.45, 7) is 9.47. The van der Waals surface area contributed by atoms with E-state index in [9.17, 15) is 0 Å². The van der Waals surface area contributed by atoms with Crippen LogP contribution >= 0.6 is 0 Å². The summed E-state index contributed by atoms with van der Waals surface area (Å²) in [6.07, 6.45) is 29.2. The molecule has 0 amide bonds. The van der Waals surface area contributed by atoms with Crippen LogP contribution in [0.1, 0.15) is 156 Å². The van der Waals surface area contributed by atoms with Gasteiger partial charge in [-0.25, -0.2) is 0 Å². The Morgan fingerprint density at radius 2 is 0.846 bits per heavy atom. The third-order valence-electron chi connectivity index (χ3n) is 6.18. The molecule has 0 aliphatic carbocycles. The Morgan fingerprint density at radius 1 is 0.423 bits per heavy atom. The molecule has 0 spiro atoms. The molecule has 0 saturated carbocycles. The Morgan fingerprint density at radius 3 is 1.27 bits per heavy atom. The molecule has 0 aromatic heterocycles. The van der Waals surface area contributed by atoms with E-state index >= 15 is 0 Å². The van der Waals surface area contributed by atoms with Crippen molar-refractivity contribution in [2.45, 2.75) is 156 Å². The van der Waals surface area contributed by atoms with Crippen molar-refractivity contribution in [1.29, 1.82) is 0 Å². The summed E-state index contributed by atoms with van der Waals surface area (Å²) in [7, 11) is 0. The first kappa shape index (κ1) is 26.0. The Kier molecular flexibility index (Phi) is 21.3. The molecule has 0 aliphatic rings. The second-order valence-corrected chi connectivity index (χ2v) is 9.17. The van der Waals surface area contributed by atoms with Gasteiger partial charge < -0.3 is 0 Å². The zero-order valence-corrected chi connectivity index (χ0v) is 19.3. The number of hydrogen-bond acceptors (Lipinski definition) is 0. The average Bonchev–Trinajstić information content (AvgIpc) is 2.62. The Balaban J connectivity index is 3.37. The molecule has 0 aliphatic heterocycles. The van der Waals surface area contributed by atoms with E-state index in [-0.39, 0.29) is 0 Å². The van der Waals surface area contributed by atoms with E-state index < -0.39 is 0 Å². The van der Waals surface area contributed by atoms with Crippen molar-refractivity contribution >= 4 is 0 Å². The molecular formula is C26H54. The quantitative estimate of drug-likeness (QED) is 0.177. The zero-order chi connectivity index (χ0) is 19.3. The SMILES string of the molecule is CCCCCCCCCCCCCCCCC(CCC)CC(C)CCC. The third kappa shape index (κ3) is 18.8. The first-order chi connectivity index (χ1) is 12.7. The summed E-state index contributed by atoms with van der Waals surface area (Å²) in [5.41, 5.74) is 0. The Labute approximate surface area is 168 Å². The van der Waals surface area contributed by atoms with Crippen LogP contribution in [0, 0.1) is 11.8 Å². The van der Waals surface area contributed by atoms with Gasteiger partial charge in [-0.1, -0.05) is 150 Å². The van der Waals surface area contributed by atoms with Gasteiger partial charge in [-0.2, -0.15) is 0 Å². The minimum Gasteiger partial charge on any atom is -0.0654 e. The number of hydrogen-bond donors (Lipinski definition) is 0. The highest BCUT2D eigenvalue weighted by atomic mass is 14.2. The fourth-order valence-electron chi connectivity index (χ4n) is 4.60. The highest BCUT2D eigenvalue weighted by Crippen LogP contribution is 2.26. The average molecular weight is 367 g/mol. The molecule has 0 rings (SSSR count). The van der Waals surface area contributed by atoms with E-state index in [4.69, 9.17) is 0 Å². The van der Waals surface area contributed by atoms with Gasteiger partial charge in [0.25, 0.3) is 0 Å². The van der Waals surface area contributed by atoms with Crippen LogP contribution in [-0.2, 0) is 0 Å².